The molecule has 5 rings (SSSR count). The Balaban J connectivity index is 1.36. The van der Waals surface area contributed by atoms with Crippen molar-refractivity contribution in [3.8, 4) is 0 Å². The summed E-state index contributed by atoms with van der Waals surface area (Å²) >= 11 is 0. The number of hydrogen-bond acceptors (Lipinski definition) is 4. The van der Waals surface area contributed by atoms with Crippen molar-refractivity contribution < 1.29 is 27.2 Å². The molecular weight excluding hydrogens is 540 g/mol. The molecule has 1 saturated heterocycles. The van der Waals surface area contributed by atoms with Crippen LogP contribution in [0.3, 0.4) is 0 Å². The molecule has 0 radical (unpaired) electrons. The number of aromatic nitrogens is 2. The number of likely N-dealkylation sites (tertiary alicyclic amines) is 1. The molecule has 1 aliphatic carbocycles. The second-order valence-electron chi connectivity index (χ2n) is 10.7. The maximum absolute atomic E-state index is 15.0. The van der Waals surface area contributed by atoms with Crippen molar-refractivity contribution in [2.24, 2.45) is 0 Å². The zero-order valence-corrected chi connectivity index (χ0v) is 22.4. The maximum Gasteiger partial charge on any atom is 0.250 e. The van der Waals surface area contributed by atoms with Gasteiger partial charge in [-0.3, -0.25) is 14.4 Å². The summed E-state index contributed by atoms with van der Waals surface area (Å²) < 4.78 is 57.7. The number of amides is 2. The van der Waals surface area contributed by atoms with Gasteiger partial charge >= 0.3 is 0 Å². The lowest BCUT2D eigenvalue weighted by Crippen LogP contribution is -2.47. The average molecular weight is 571 g/mol. The van der Waals surface area contributed by atoms with Crippen LogP contribution in [0.2, 0.25) is 0 Å². The van der Waals surface area contributed by atoms with Gasteiger partial charge in [0.2, 0.25) is 23.7 Å². The van der Waals surface area contributed by atoms with E-state index in [-0.39, 0.29) is 36.2 Å². The number of alkyl halides is 3. The highest BCUT2D eigenvalue weighted by atomic mass is 19.3. The molecule has 41 heavy (non-hydrogen) atoms. The molecule has 3 unspecified atom stereocenters. The number of halogens is 4. The van der Waals surface area contributed by atoms with Crippen LogP contribution in [-0.4, -0.2) is 50.9 Å². The molecule has 11 heteroatoms. The van der Waals surface area contributed by atoms with Gasteiger partial charge in [0.05, 0.1) is 24.7 Å². The van der Waals surface area contributed by atoms with Crippen LogP contribution in [0.15, 0.2) is 65.6 Å². The third-order valence-electron chi connectivity index (χ3n) is 7.76. The largest absolute Gasteiger partial charge is 0.342 e. The Morgan fingerprint density at radius 2 is 1.83 bits per heavy atom. The number of benzene rings is 1. The lowest BCUT2D eigenvalue weighted by molar-refractivity contribution is -0.138. The van der Waals surface area contributed by atoms with Gasteiger partial charge in [0.15, 0.2) is 0 Å². The van der Waals surface area contributed by atoms with E-state index in [1.807, 2.05) is 0 Å². The van der Waals surface area contributed by atoms with Crippen LogP contribution < -0.4 is 10.9 Å². The quantitative estimate of drug-likeness (QED) is 0.323. The minimum Gasteiger partial charge on any atom is -0.342 e. The zero-order valence-electron chi connectivity index (χ0n) is 22.4. The standard InChI is InChI=1S/C30H30F4N4O3/c1-2-37-16-18(8-11-25(37)39)12-26(40)38-17-21(31)13-24(38)29(41)36-27(19-6-4-3-5-7-19)23-10-9-22(28(32)35-23)20-14-30(33,34)15-20/h3-11,16,20-21,24,27H,2,12-15,17H2,1H3,(H,36,41). The van der Waals surface area contributed by atoms with Gasteiger partial charge in [-0.25, -0.2) is 18.2 Å². The first-order valence-electron chi connectivity index (χ1n) is 13.6. The van der Waals surface area contributed by atoms with Crippen molar-refractivity contribution in [2.75, 3.05) is 6.54 Å². The number of nitrogens with one attached hydrogen (secondary N) is 1. The summed E-state index contributed by atoms with van der Waals surface area (Å²) in [7, 11) is 0. The summed E-state index contributed by atoms with van der Waals surface area (Å²) in [5, 5.41) is 2.81. The predicted molar refractivity (Wildman–Crippen MR) is 143 cm³/mol. The minimum atomic E-state index is -2.81. The van der Waals surface area contributed by atoms with Crippen LogP contribution in [0, 0.1) is 5.95 Å². The Kier molecular flexibility index (Phi) is 7.97. The first-order valence-corrected chi connectivity index (χ1v) is 13.6. The van der Waals surface area contributed by atoms with Gasteiger partial charge in [-0.15, -0.1) is 0 Å². The van der Waals surface area contributed by atoms with Crippen LogP contribution in [0.1, 0.15) is 60.5 Å². The van der Waals surface area contributed by atoms with Crippen molar-refractivity contribution in [1.82, 2.24) is 19.8 Å². The number of aryl methyl sites for hydroxylation is 1. The van der Waals surface area contributed by atoms with Gasteiger partial charge in [0, 0.05) is 43.6 Å². The number of carbonyl (C=O) groups excluding carboxylic acids is 2. The highest BCUT2D eigenvalue weighted by Gasteiger charge is 2.47. The van der Waals surface area contributed by atoms with Crippen molar-refractivity contribution >= 4 is 11.8 Å². The predicted octanol–water partition coefficient (Wildman–Crippen LogP) is 4.30. The molecule has 3 heterocycles. The van der Waals surface area contributed by atoms with Crippen molar-refractivity contribution in [3.05, 3.63) is 99.5 Å². The lowest BCUT2D eigenvalue weighted by Gasteiger charge is -2.35. The van der Waals surface area contributed by atoms with Crippen LogP contribution in [0.4, 0.5) is 17.6 Å². The van der Waals surface area contributed by atoms with E-state index in [0.717, 1.165) is 0 Å². The summed E-state index contributed by atoms with van der Waals surface area (Å²) in [6, 6.07) is 12.4. The summed E-state index contributed by atoms with van der Waals surface area (Å²) in [5.41, 5.74) is 1.17. The van der Waals surface area contributed by atoms with Crippen molar-refractivity contribution in [1.29, 1.82) is 0 Å². The SMILES string of the molecule is CCn1cc(CC(=O)N2CC(F)CC2C(=O)NC(c2ccccc2)c2ccc(C3CC(F)(F)C3)c(F)n2)ccc1=O. The van der Waals surface area contributed by atoms with Gasteiger partial charge in [-0.1, -0.05) is 42.5 Å². The van der Waals surface area contributed by atoms with Crippen LogP contribution in [-0.2, 0) is 22.6 Å². The number of rotatable bonds is 8. The minimum absolute atomic E-state index is 0.0973. The molecule has 1 aromatic carbocycles. The monoisotopic (exact) mass is 570 g/mol. The number of hydrogen-bond donors (Lipinski definition) is 1. The highest BCUT2D eigenvalue weighted by molar-refractivity contribution is 5.89. The summed E-state index contributed by atoms with van der Waals surface area (Å²) in [5.74, 6) is -5.42. The fourth-order valence-corrected chi connectivity index (χ4v) is 5.54. The Morgan fingerprint density at radius 1 is 1.10 bits per heavy atom. The average Bonchev–Trinajstić information content (AvgIpc) is 3.33. The molecule has 1 saturated carbocycles. The van der Waals surface area contributed by atoms with Gasteiger partial charge in [-0.2, -0.15) is 4.39 Å². The Hall–Kier alpha value is -4.02. The third kappa shape index (κ3) is 6.18. The van der Waals surface area contributed by atoms with Crippen LogP contribution in [0.25, 0.3) is 0 Å². The highest BCUT2D eigenvalue weighted by Crippen LogP contribution is 2.48. The maximum atomic E-state index is 15.0. The molecule has 0 spiro atoms. The fraction of sp³-hybridized carbons (Fsp3) is 0.400. The molecular formula is C30H30F4N4O3. The Morgan fingerprint density at radius 3 is 2.49 bits per heavy atom. The van der Waals surface area contributed by atoms with E-state index in [9.17, 15) is 27.6 Å². The summed E-state index contributed by atoms with van der Waals surface area (Å²) in [6.45, 7) is 1.96. The van der Waals surface area contributed by atoms with Crippen LogP contribution >= 0.6 is 0 Å². The number of nitrogens with zero attached hydrogens (tertiary/aromatic N) is 3. The van der Waals surface area contributed by atoms with E-state index in [2.05, 4.69) is 10.3 Å². The molecule has 1 aliphatic heterocycles. The lowest BCUT2D eigenvalue weighted by atomic mass is 9.77. The van der Waals surface area contributed by atoms with E-state index in [0.29, 0.717) is 17.7 Å². The molecule has 2 aliphatic rings. The van der Waals surface area contributed by atoms with Gasteiger partial charge in [-0.05, 0) is 30.0 Å². The molecule has 1 N–H and O–H groups in total. The first-order chi connectivity index (χ1) is 19.5. The molecule has 2 amide bonds. The molecule has 216 valence electrons. The second kappa shape index (κ2) is 11.5. The second-order valence-corrected chi connectivity index (χ2v) is 10.7. The van der Waals surface area contributed by atoms with E-state index < -0.39 is 60.7 Å². The van der Waals surface area contributed by atoms with E-state index in [1.54, 1.807) is 43.5 Å². The number of carbonyl (C=O) groups is 2. The molecule has 3 atom stereocenters. The fourth-order valence-electron chi connectivity index (χ4n) is 5.54. The third-order valence-corrected chi connectivity index (χ3v) is 7.76. The van der Waals surface area contributed by atoms with Crippen molar-refractivity contribution in [3.63, 3.8) is 0 Å². The molecule has 7 nitrogen and oxygen atoms in total. The van der Waals surface area contributed by atoms with Crippen molar-refractivity contribution in [2.45, 2.75) is 69.2 Å². The van der Waals surface area contributed by atoms with Gasteiger partial charge in [0.25, 0.3) is 5.56 Å². The smallest absolute Gasteiger partial charge is 0.250 e. The first kappa shape index (κ1) is 28.5. The molecule has 3 aromatic rings. The Bertz CT molecular complexity index is 1490. The summed E-state index contributed by atoms with van der Waals surface area (Å²) in [4.78, 5) is 43.8. The van der Waals surface area contributed by atoms with Crippen LogP contribution in [0.5, 0.6) is 0 Å². The normalized spacial score (nSPS) is 20.9. The molecule has 2 fully saturated rings. The van der Waals surface area contributed by atoms with E-state index >= 15 is 4.39 Å². The molecule has 0 bridgehead atoms. The molecule has 2 aromatic heterocycles. The zero-order chi connectivity index (χ0) is 29.3. The topological polar surface area (TPSA) is 84.3 Å². The number of pyridine rings is 2. The summed E-state index contributed by atoms with van der Waals surface area (Å²) in [6.07, 6.45) is -1.06. The van der Waals surface area contributed by atoms with Gasteiger partial charge < -0.3 is 14.8 Å². The van der Waals surface area contributed by atoms with Gasteiger partial charge in [0.1, 0.15) is 12.2 Å². The Labute approximate surface area is 234 Å². The van der Waals surface area contributed by atoms with E-state index in [1.165, 1.54) is 33.7 Å². The van der Waals surface area contributed by atoms with E-state index in [4.69, 9.17) is 0 Å².